The van der Waals surface area contributed by atoms with Crippen molar-refractivity contribution in [2.24, 2.45) is 17.8 Å². The number of hydrogen-bond donors (Lipinski definition) is 1. The van der Waals surface area contributed by atoms with Crippen LogP contribution in [0.4, 0.5) is 5.69 Å². The molecule has 5 atom stereocenters. The van der Waals surface area contributed by atoms with Crippen LogP contribution in [-0.2, 0) is 14.3 Å². The predicted molar refractivity (Wildman–Crippen MR) is 115 cm³/mol. The van der Waals surface area contributed by atoms with Crippen molar-refractivity contribution in [1.82, 2.24) is 5.32 Å². The average molecular weight is 413 g/mol. The van der Waals surface area contributed by atoms with E-state index < -0.39 is 17.4 Å². The molecule has 2 amide bonds. The average Bonchev–Trinajstić information content (AvgIpc) is 3.36. The second kappa shape index (κ2) is 8.06. The summed E-state index contributed by atoms with van der Waals surface area (Å²) < 4.78 is 11.5. The molecule has 6 heteroatoms. The van der Waals surface area contributed by atoms with Gasteiger partial charge in [0.1, 0.15) is 11.4 Å². The van der Waals surface area contributed by atoms with Crippen LogP contribution in [0.3, 0.4) is 0 Å². The third kappa shape index (κ3) is 3.62. The maximum Gasteiger partial charge on any atom is 0.234 e. The molecule has 162 valence electrons. The van der Waals surface area contributed by atoms with E-state index in [0.29, 0.717) is 18.2 Å². The number of amides is 2. The highest BCUT2D eigenvalue weighted by atomic mass is 16.5. The van der Waals surface area contributed by atoms with E-state index in [4.69, 9.17) is 9.47 Å². The summed E-state index contributed by atoms with van der Waals surface area (Å²) in [7, 11) is 1.61. The van der Waals surface area contributed by atoms with Crippen LogP contribution in [0.1, 0.15) is 40.0 Å². The van der Waals surface area contributed by atoms with Crippen molar-refractivity contribution in [3.8, 4) is 5.75 Å². The van der Waals surface area contributed by atoms with Gasteiger partial charge in [-0.15, -0.1) is 0 Å². The number of carbonyl (C=O) groups excluding carboxylic acids is 2. The van der Waals surface area contributed by atoms with Crippen LogP contribution in [0.15, 0.2) is 36.4 Å². The molecule has 1 spiro atoms. The lowest BCUT2D eigenvalue weighted by Crippen LogP contribution is -2.46. The first-order chi connectivity index (χ1) is 14.3. The van der Waals surface area contributed by atoms with Gasteiger partial charge in [0.25, 0.3) is 0 Å². The van der Waals surface area contributed by atoms with Gasteiger partial charge in [0.05, 0.1) is 31.6 Å². The van der Waals surface area contributed by atoms with Crippen LogP contribution in [0.2, 0.25) is 0 Å². The summed E-state index contributed by atoms with van der Waals surface area (Å²) >= 11 is 0. The highest BCUT2D eigenvalue weighted by molar-refractivity contribution is 6.03. The Morgan fingerprint density at radius 1 is 1.33 bits per heavy atom. The first kappa shape index (κ1) is 20.9. The molecule has 1 aromatic carbocycles. The largest absolute Gasteiger partial charge is 0.497 e. The molecule has 30 heavy (non-hydrogen) atoms. The Hall–Kier alpha value is -2.34. The number of rotatable bonds is 8. The fourth-order valence-corrected chi connectivity index (χ4v) is 5.04. The normalized spacial score (nSPS) is 30.1. The van der Waals surface area contributed by atoms with Crippen molar-refractivity contribution < 1.29 is 19.1 Å². The summed E-state index contributed by atoms with van der Waals surface area (Å²) in [4.78, 5) is 28.3. The molecular formula is C24H32N2O4. The minimum atomic E-state index is -0.715. The minimum Gasteiger partial charge on any atom is -0.497 e. The maximum atomic E-state index is 13.4. The summed E-state index contributed by atoms with van der Waals surface area (Å²) in [5.74, 6) is 0.264. The fraction of sp³-hybridized carbons (Fsp3) is 0.583. The lowest BCUT2D eigenvalue weighted by Gasteiger charge is -2.25. The number of nitrogens with one attached hydrogen (secondary N) is 1. The molecule has 4 rings (SSSR count). The molecule has 1 N–H and O–H groups in total. The number of ether oxygens (including phenoxy) is 2. The van der Waals surface area contributed by atoms with Gasteiger partial charge in [0.15, 0.2) is 0 Å². The van der Waals surface area contributed by atoms with E-state index >= 15 is 0 Å². The number of methoxy groups -OCH3 is 1. The van der Waals surface area contributed by atoms with Crippen molar-refractivity contribution in [2.75, 3.05) is 18.6 Å². The molecule has 6 nitrogen and oxygen atoms in total. The van der Waals surface area contributed by atoms with Crippen LogP contribution >= 0.6 is 0 Å². The van der Waals surface area contributed by atoms with Crippen molar-refractivity contribution >= 4 is 17.5 Å². The van der Waals surface area contributed by atoms with E-state index in [1.807, 2.05) is 43.3 Å². The van der Waals surface area contributed by atoms with Crippen LogP contribution in [-0.4, -0.2) is 43.2 Å². The van der Waals surface area contributed by atoms with E-state index in [9.17, 15) is 9.59 Å². The van der Waals surface area contributed by atoms with Crippen molar-refractivity contribution in [3.63, 3.8) is 0 Å². The van der Waals surface area contributed by atoms with Crippen LogP contribution in [0.5, 0.6) is 5.75 Å². The molecule has 2 saturated heterocycles. The zero-order valence-electron chi connectivity index (χ0n) is 18.3. The zero-order valence-corrected chi connectivity index (χ0v) is 18.3. The molecule has 0 radical (unpaired) electrons. The van der Waals surface area contributed by atoms with Gasteiger partial charge < -0.3 is 19.7 Å². The third-order valence-electron chi connectivity index (χ3n) is 6.58. The summed E-state index contributed by atoms with van der Waals surface area (Å²) in [6.07, 6.45) is 6.78. The molecule has 0 unspecified atom stereocenters. The van der Waals surface area contributed by atoms with Gasteiger partial charge in [-0.25, -0.2) is 0 Å². The topological polar surface area (TPSA) is 67.9 Å². The Morgan fingerprint density at radius 3 is 2.87 bits per heavy atom. The third-order valence-corrected chi connectivity index (χ3v) is 6.58. The summed E-state index contributed by atoms with van der Waals surface area (Å²) in [6.45, 7) is 6.88. The number of fused-ring (bicyclic) bond motifs is 1. The van der Waals surface area contributed by atoms with Crippen molar-refractivity contribution in [3.05, 3.63) is 36.4 Å². The monoisotopic (exact) mass is 412 g/mol. The second-order valence-corrected chi connectivity index (χ2v) is 9.26. The van der Waals surface area contributed by atoms with Gasteiger partial charge in [-0.2, -0.15) is 0 Å². The number of anilines is 1. The Labute approximate surface area is 178 Å². The molecule has 0 aliphatic carbocycles. The van der Waals surface area contributed by atoms with Gasteiger partial charge in [-0.3, -0.25) is 9.59 Å². The lowest BCUT2D eigenvalue weighted by atomic mass is 9.76. The van der Waals surface area contributed by atoms with Crippen molar-refractivity contribution in [2.45, 2.75) is 57.8 Å². The first-order valence-electron chi connectivity index (χ1n) is 11.0. The van der Waals surface area contributed by atoms with Gasteiger partial charge in [0, 0.05) is 17.8 Å². The van der Waals surface area contributed by atoms with Gasteiger partial charge in [0.2, 0.25) is 11.8 Å². The standard InChI is InChI=1S/C24H32N2O4/c1-15(2)7-5-8-16(3)25-22(27)20-19-11-12-24(30-19)14-26(23(28)21(20)24)17-9-6-10-18(13-17)29-4/h6,9-13,15-16,19-21H,5,7-8,14H2,1-4H3,(H,25,27)/t16-,19-,20-,21-,24-/m1/s1. The van der Waals surface area contributed by atoms with Gasteiger partial charge in [-0.05, 0) is 31.4 Å². The zero-order chi connectivity index (χ0) is 21.5. The molecule has 2 fully saturated rings. The molecule has 3 aliphatic heterocycles. The molecule has 0 saturated carbocycles. The summed E-state index contributed by atoms with van der Waals surface area (Å²) in [5, 5.41) is 3.14. The SMILES string of the molecule is COc1cccc(N2C[C@@]34C=C[C@@H](O3)[C@@H](C(=O)N[C@H](C)CCCC(C)C)[C@@H]4C2=O)c1. The lowest BCUT2D eigenvalue weighted by molar-refractivity contribution is -0.132. The number of hydrogen-bond acceptors (Lipinski definition) is 4. The van der Waals surface area contributed by atoms with E-state index in [1.54, 1.807) is 12.0 Å². The quantitative estimate of drug-likeness (QED) is 0.665. The molecule has 1 aromatic rings. The maximum absolute atomic E-state index is 13.4. The first-order valence-corrected chi connectivity index (χ1v) is 11.0. The Bertz CT molecular complexity index is 851. The van der Waals surface area contributed by atoms with E-state index in [1.165, 1.54) is 0 Å². The second-order valence-electron chi connectivity index (χ2n) is 9.26. The molecule has 3 aliphatic rings. The molecular weight excluding hydrogens is 380 g/mol. The van der Waals surface area contributed by atoms with E-state index in [2.05, 4.69) is 19.2 Å². The van der Waals surface area contributed by atoms with E-state index in [0.717, 1.165) is 24.9 Å². The van der Waals surface area contributed by atoms with Crippen LogP contribution in [0.25, 0.3) is 0 Å². The summed E-state index contributed by atoms with van der Waals surface area (Å²) in [6, 6.07) is 7.53. The smallest absolute Gasteiger partial charge is 0.234 e. The highest BCUT2D eigenvalue weighted by Gasteiger charge is 2.67. The number of benzene rings is 1. The highest BCUT2D eigenvalue weighted by Crippen LogP contribution is 2.52. The van der Waals surface area contributed by atoms with E-state index in [-0.39, 0.29) is 24.0 Å². The number of carbonyl (C=O) groups is 2. The van der Waals surface area contributed by atoms with Gasteiger partial charge in [-0.1, -0.05) is 44.9 Å². The predicted octanol–water partition coefficient (Wildman–Crippen LogP) is 3.31. The van der Waals surface area contributed by atoms with Gasteiger partial charge >= 0.3 is 0 Å². The Balaban J connectivity index is 1.48. The minimum absolute atomic E-state index is 0.0530. The van der Waals surface area contributed by atoms with Crippen LogP contribution < -0.4 is 15.0 Å². The fourth-order valence-electron chi connectivity index (χ4n) is 5.04. The Morgan fingerprint density at radius 2 is 2.13 bits per heavy atom. The number of nitrogens with zero attached hydrogens (tertiary/aromatic N) is 1. The molecule has 2 bridgehead atoms. The Kier molecular flexibility index (Phi) is 5.62. The molecule has 3 heterocycles. The molecule has 0 aromatic heterocycles. The van der Waals surface area contributed by atoms with Crippen LogP contribution in [0, 0.1) is 17.8 Å². The summed E-state index contributed by atoms with van der Waals surface area (Å²) in [5.41, 5.74) is 0.0538. The van der Waals surface area contributed by atoms with Crippen molar-refractivity contribution in [1.29, 1.82) is 0 Å².